The lowest BCUT2D eigenvalue weighted by Gasteiger charge is -2.21. The summed E-state index contributed by atoms with van der Waals surface area (Å²) in [6, 6.07) is 5.52. The second-order valence-corrected chi connectivity index (χ2v) is 5.42. The molecule has 3 rings (SSSR count). The van der Waals surface area contributed by atoms with Gasteiger partial charge in [-0.1, -0.05) is 19.4 Å². The molecule has 9 nitrogen and oxygen atoms in total. The van der Waals surface area contributed by atoms with Crippen LogP contribution in [0.2, 0.25) is 0 Å². The highest BCUT2D eigenvalue weighted by molar-refractivity contribution is 5.74. The monoisotopic (exact) mass is 316 g/mol. The van der Waals surface area contributed by atoms with Crippen LogP contribution in [0.3, 0.4) is 0 Å². The molecule has 120 valence electrons. The van der Waals surface area contributed by atoms with Crippen LogP contribution in [0.4, 0.5) is 0 Å². The third-order valence-electron chi connectivity index (χ3n) is 3.89. The summed E-state index contributed by atoms with van der Waals surface area (Å²) in [5.41, 5.74) is 2.23. The van der Waals surface area contributed by atoms with Gasteiger partial charge >= 0.3 is 5.97 Å². The van der Waals surface area contributed by atoms with Crippen molar-refractivity contribution in [1.82, 2.24) is 30.9 Å². The maximum absolute atomic E-state index is 11.7. The van der Waals surface area contributed by atoms with Gasteiger partial charge in [0.1, 0.15) is 11.0 Å². The molecule has 0 saturated carbocycles. The Bertz CT molecular complexity index is 785. The first-order valence-corrected chi connectivity index (χ1v) is 7.36. The average molecular weight is 316 g/mol. The van der Waals surface area contributed by atoms with Crippen LogP contribution in [0, 0.1) is 5.92 Å². The third kappa shape index (κ3) is 3.17. The fraction of sp³-hybridized carbons (Fsp3) is 0.429. The van der Waals surface area contributed by atoms with E-state index in [-0.39, 0.29) is 5.92 Å². The number of carbonyl (C=O) groups is 1. The Morgan fingerprint density at radius 1 is 1.35 bits per heavy atom. The molecule has 0 aliphatic rings. The van der Waals surface area contributed by atoms with Crippen LogP contribution in [0.15, 0.2) is 22.8 Å². The van der Waals surface area contributed by atoms with Crippen molar-refractivity contribution in [3.63, 3.8) is 0 Å². The number of tetrazole rings is 1. The molecule has 2 heterocycles. The minimum atomic E-state index is -0.850. The van der Waals surface area contributed by atoms with Crippen molar-refractivity contribution >= 4 is 17.0 Å². The van der Waals surface area contributed by atoms with Crippen molar-refractivity contribution in [2.75, 3.05) is 0 Å². The fourth-order valence-electron chi connectivity index (χ4n) is 2.77. The minimum Gasteiger partial charge on any atom is -0.481 e. The van der Waals surface area contributed by atoms with Crippen LogP contribution in [0.25, 0.3) is 11.0 Å². The number of aromatic nitrogens is 6. The highest BCUT2D eigenvalue weighted by Gasteiger charge is 2.31. The predicted molar refractivity (Wildman–Crippen MR) is 78.5 cm³/mol. The number of nitrogens with zero attached hydrogens (tertiary/aromatic N) is 5. The zero-order chi connectivity index (χ0) is 16.2. The van der Waals surface area contributed by atoms with Crippen molar-refractivity contribution in [1.29, 1.82) is 0 Å². The molecule has 23 heavy (non-hydrogen) atoms. The first-order valence-electron chi connectivity index (χ1n) is 7.36. The van der Waals surface area contributed by atoms with Gasteiger partial charge in [0.2, 0.25) is 0 Å². The van der Waals surface area contributed by atoms with Gasteiger partial charge in [0.05, 0.1) is 5.92 Å². The normalized spacial score (nSPS) is 14.0. The van der Waals surface area contributed by atoms with E-state index in [9.17, 15) is 9.90 Å². The quantitative estimate of drug-likeness (QED) is 0.671. The number of benzene rings is 1. The summed E-state index contributed by atoms with van der Waals surface area (Å²) in [4.78, 5) is 11.7. The molecule has 0 spiro atoms. The number of fused-ring (bicyclic) bond motifs is 1. The number of carboxylic acids is 1. The van der Waals surface area contributed by atoms with E-state index >= 15 is 0 Å². The van der Waals surface area contributed by atoms with Crippen LogP contribution < -0.4 is 0 Å². The lowest BCUT2D eigenvalue weighted by atomic mass is 9.83. The SMILES string of the molecule is CCC[C@H](C(=O)O)[C@H](Cc1ccc2nonc2c1)c1nnn[nH]1. The summed E-state index contributed by atoms with van der Waals surface area (Å²) in [6.07, 6.45) is 1.80. The molecule has 0 radical (unpaired) electrons. The number of H-pyrrole nitrogens is 1. The van der Waals surface area contributed by atoms with Gasteiger partial charge in [-0.25, -0.2) is 9.73 Å². The molecule has 0 amide bonds. The summed E-state index contributed by atoms with van der Waals surface area (Å²) in [5, 5.41) is 30.9. The van der Waals surface area contributed by atoms with Crippen LogP contribution in [0.5, 0.6) is 0 Å². The lowest BCUT2D eigenvalue weighted by Crippen LogP contribution is -2.25. The second-order valence-electron chi connectivity index (χ2n) is 5.42. The van der Waals surface area contributed by atoms with Gasteiger partial charge in [0.15, 0.2) is 5.82 Å². The third-order valence-corrected chi connectivity index (χ3v) is 3.89. The van der Waals surface area contributed by atoms with Crippen molar-refractivity contribution in [3.05, 3.63) is 29.6 Å². The van der Waals surface area contributed by atoms with E-state index in [1.807, 2.05) is 19.1 Å². The van der Waals surface area contributed by atoms with Gasteiger partial charge in [-0.05, 0) is 51.3 Å². The highest BCUT2D eigenvalue weighted by atomic mass is 16.6. The zero-order valence-corrected chi connectivity index (χ0v) is 12.5. The standard InChI is InChI=1S/C14H16N6O3/c1-2-3-9(14(21)22)10(13-15-19-20-16-13)6-8-4-5-11-12(7-8)18-23-17-11/h4-5,7,9-10H,2-3,6H2,1H3,(H,21,22)(H,15,16,19,20)/t9-,10-/m0/s1. The molecule has 2 aromatic heterocycles. The van der Waals surface area contributed by atoms with E-state index in [2.05, 4.69) is 35.6 Å². The minimum absolute atomic E-state index is 0.347. The molecule has 0 aliphatic carbocycles. The van der Waals surface area contributed by atoms with E-state index in [0.717, 1.165) is 12.0 Å². The van der Waals surface area contributed by atoms with E-state index < -0.39 is 11.9 Å². The number of aromatic amines is 1. The van der Waals surface area contributed by atoms with Crippen molar-refractivity contribution in [2.45, 2.75) is 32.1 Å². The number of hydrogen-bond acceptors (Lipinski definition) is 7. The molecular weight excluding hydrogens is 300 g/mol. The summed E-state index contributed by atoms with van der Waals surface area (Å²) in [5.74, 6) is -1.29. The maximum atomic E-state index is 11.7. The maximum Gasteiger partial charge on any atom is 0.307 e. The summed E-state index contributed by atoms with van der Waals surface area (Å²) in [6.45, 7) is 1.96. The smallest absolute Gasteiger partial charge is 0.307 e. The van der Waals surface area contributed by atoms with Crippen molar-refractivity contribution in [3.8, 4) is 0 Å². The molecule has 2 atom stereocenters. The van der Waals surface area contributed by atoms with E-state index in [1.165, 1.54) is 0 Å². The molecule has 2 N–H and O–H groups in total. The topological polar surface area (TPSA) is 131 Å². The Morgan fingerprint density at radius 3 is 2.87 bits per heavy atom. The Balaban J connectivity index is 1.92. The lowest BCUT2D eigenvalue weighted by molar-refractivity contribution is -0.142. The predicted octanol–water partition coefficient (Wildman–Crippen LogP) is 1.56. The van der Waals surface area contributed by atoms with Gasteiger partial charge in [0, 0.05) is 5.92 Å². The molecule has 1 aromatic carbocycles. The number of nitrogens with one attached hydrogen (secondary N) is 1. The molecule has 9 heteroatoms. The number of hydrogen-bond donors (Lipinski definition) is 2. The summed E-state index contributed by atoms with van der Waals surface area (Å²) in [7, 11) is 0. The van der Waals surface area contributed by atoms with Crippen LogP contribution in [-0.2, 0) is 11.2 Å². The molecular formula is C14H16N6O3. The van der Waals surface area contributed by atoms with Gasteiger partial charge in [-0.2, -0.15) is 0 Å². The van der Waals surface area contributed by atoms with Gasteiger partial charge in [0.25, 0.3) is 0 Å². The fourth-order valence-corrected chi connectivity index (χ4v) is 2.77. The first-order chi connectivity index (χ1) is 11.2. The van der Waals surface area contributed by atoms with Crippen molar-refractivity contribution in [2.24, 2.45) is 5.92 Å². The number of rotatable bonds is 7. The Labute approximate surface area is 131 Å². The Hall–Kier alpha value is -2.84. The van der Waals surface area contributed by atoms with Crippen LogP contribution in [-0.4, -0.2) is 42.0 Å². The molecule has 3 aromatic rings. The van der Waals surface area contributed by atoms with Crippen LogP contribution in [0.1, 0.15) is 37.1 Å². The largest absolute Gasteiger partial charge is 0.481 e. The molecule has 0 unspecified atom stereocenters. The first kappa shape index (κ1) is 15.1. The second kappa shape index (κ2) is 6.51. The number of carboxylic acid groups (broad SMARTS) is 1. The highest BCUT2D eigenvalue weighted by Crippen LogP contribution is 2.30. The molecule has 0 aliphatic heterocycles. The number of aliphatic carboxylic acids is 1. The Morgan fingerprint density at radius 2 is 2.17 bits per heavy atom. The molecule has 0 fully saturated rings. The average Bonchev–Trinajstić information content (AvgIpc) is 3.20. The zero-order valence-electron chi connectivity index (χ0n) is 12.5. The van der Waals surface area contributed by atoms with E-state index in [0.29, 0.717) is 29.7 Å². The summed E-state index contributed by atoms with van der Waals surface area (Å²) >= 11 is 0. The molecule has 0 bridgehead atoms. The van der Waals surface area contributed by atoms with E-state index in [4.69, 9.17) is 0 Å². The van der Waals surface area contributed by atoms with Crippen LogP contribution >= 0.6 is 0 Å². The van der Waals surface area contributed by atoms with Gasteiger partial charge in [-0.15, -0.1) is 5.10 Å². The van der Waals surface area contributed by atoms with Gasteiger partial charge < -0.3 is 5.11 Å². The van der Waals surface area contributed by atoms with Gasteiger partial charge in [-0.3, -0.25) is 4.79 Å². The molecule has 0 saturated heterocycles. The summed E-state index contributed by atoms with van der Waals surface area (Å²) < 4.78 is 4.69. The van der Waals surface area contributed by atoms with E-state index in [1.54, 1.807) is 6.07 Å². The Kier molecular flexibility index (Phi) is 4.26. The van der Waals surface area contributed by atoms with Crippen molar-refractivity contribution < 1.29 is 14.5 Å².